The molecule has 114 valence electrons. The minimum absolute atomic E-state index is 0.0229. The molecule has 1 aromatic carbocycles. The Kier molecular flexibility index (Phi) is 5.59. The molecule has 0 bridgehead atoms. The number of amides is 1. The molecule has 1 aromatic rings. The van der Waals surface area contributed by atoms with Crippen molar-refractivity contribution in [3.05, 3.63) is 53.8 Å². The zero-order valence-corrected chi connectivity index (χ0v) is 13.1. The second-order valence-corrected chi connectivity index (χ2v) is 5.70. The number of allylic oxidation sites excluding steroid dienone is 2. The molecule has 0 saturated heterocycles. The third kappa shape index (κ3) is 5.73. The van der Waals surface area contributed by atoms with E-state index in [2.05, 4.69) is 11.9 Å². The maximum Gasteiger partial charge on any atom is 0.407 e. The second-order valence-electron chi connectivity index (χ2n) is 5.70. The van der Waals surface area contributed by atoms with Crippen LogP contribution in [0, 0.1) is 0 Å². The first-order chi connectivity index (χ1) is 9.73. The van der Waals surface area contributed by atoms with E-state index in [1.807, 2.05) is 52.0 Å². The fourth-order valence-corrected chi connectivity index (χ4v) is 1.84. The Labute approximate surface area is 126 Å². The summed E-state index contributed by atoms with van der Waals surface area (Å²) in [5.41, 5.74) is 1.93. The van der Waals surface area contributed by atoms with E-state index in [0.29, 0.717) is 12.1 Å². The van der Waals surface area contributed by atoms with Crippen LogP contribution in [0.3, 0.4) is 0 Å². The summed E-state index contributed by atoms with van der Waals surface area (Å²) in [4.78, 5) is 11.6. The van der Waals surface area contributed by atoms with Gasteiger partial charge in [-0.1, -0.05) is 30.9 Å². The Hall–Kier alpha value is -2.23. The summed E-state index contributed by atoms with van der Waals surface area (Å²) in [6.07, 6.45) is 1.34. The standard InChI is InChI=1S/C17H23NO3/c1-6-15(12(2)19)14-9-7-8-13(10-14)11-18-16(20)21-17(3,4)5/h6-10,19H,2,11H2,1,3-5H3,(H,18,20)/b15-6+. The number of aliphatic hydroxyl groups excluding tert-OH is 1. The van der Waals surface area contributed by atoms with Crippen molar-refractivity contribution in [3.63, 3.8) is 0 Å². The zero-order valence-electron chi connectivity index (χ0n) is 13.1. The van der Waals surface area contributed by atoms with Gasteiger partial charge >= 0.3 is 6.09 Å². The van der Waals surface area contributed by atoms with Crippen molar-refractivity contribution < 1.29 is 14.6 Å². The van der Waals surface area contributed by atoms with Crippen molar-refractivity contribution in [1.29, 1.82) is 0 Å². The van der Waals surface area contributed by atoms with Gasteiger partial charge in [0.05, 0.1) is 0 Å². The van der Waals surface area contributed by atoms with Gasteiger partial charge in [-0.2, -0.15) is 0 Å². The SMILES string of the molecule is C=C(O)/C(=C\C)c1cccc(CNC(=O)OC(C)(C)C)c1. The lowest BCUT2D eigenvalue weighted by molar-refractivity contribution is 0.0523. The van der Waals surface area contributed by atoms with Gasteiger partial charge in [0.25, 0.3) is 0 Å². The van der Waals surface area contributed by atoms with Crippen molar-refractivity contribution >= 4 is 11.7 Å². The molecule has 0 aromatic heterocycles. The number of alkyl carbamates (subject to hydrolysis) is 1. The molecule has 1 amide bonds. The number of hydrogen-bond acceptors (Lipinski definition) is 3. The summed E-state index contributed by atoms with van der Waals surface area (Å²) in [5, 5.41) is 12.3. The summed E-state index contributed by atoms with van der Waals surface area (Å²) >= 11 is 0. The van der Waals surface area contributed by atoms with Gasteiger partial charge in [0.2, 0.25) is 0 Å². The summed E-state index contributed by atoms with van der Waals surface area (Å²) in [7, 11) is 0. The predicted octanol–water partition coefficient (Wildman–Crippen LogP) is 4.19. The number of ether oxygens (including phenoxy) is 1. The lowest BCUT2D eigenvalue weighted by Crippen LogP contribution is -2.32. The van der Waals surface area contributed by atoms with Crippen LogP contribution in [-0.4, -0.2) is 16.8 Å². The Morgan fingerprint density at radius 1 is 1.43 bits per heavy atom. The van der Waals surface area contributed by atoms with Crippen LogP contribution >= 0.6 is 0 Å². The Morgan fingerprint density at radius 3 is 2.62 bits per heavy atom. The monoisotopic (exact) mass is 289 g/mol. The maximum atomic E-state index is 11.6. The number of carbonyl (C=O) groups excluding carboxylic acids is 1. The maximum absolute atomic E-state index is 11.6. The van der Waals surface area contributed by atoms with Crippen LogP contribution < -0.4 is 5.32 Å². The van der Waals surface area contributed by atoms with E-state index in [-0.39, 0.29) is 5.76 Å². The first kappa shape index (κ1) is 16.8. The van der Waals surface area contributed by atoms with Gasteiger partial charge in [-0.15, -0.1) is 0 Å². The van der Waals surface area contributed by atoms with Gasteiger partial charge in [-0.25, -0.2) is 4.79 Å². The lowest BCUT2D eigenvalue weighted by atomic mass is 10.0. The number of rotatable bonds is 4. The molecule has 0 aliphatic rings. The molecule has 1 rings (SSSR count). The molecule has 0 aliphatic carbocycles. The smallest absolute Gasteiger partial charge is 0.407 e. The minimum atomic E-state index is -0.515. The third-order valence-corrected chi connectivity index (χ3v) is 2.67. The molecular formula is C17H23NO3. The van der Waals surface area contributed by atoms with E-state index in [0.717, 1.165) is 11.1 Å². The fraction of sp³-hybridized carbons (Fsp3) is 0.353. The number of aliphatic hydroxyl groups is 1. The van der Waals surface area contributed by atoms with Gasteiger partial charge in [0, 0.05) is 12.1 Å². The average molecular weight is 289 g/mol. The third-order valence-electron chi connectivity index (χ3n) is 2.67. The first-order valence-corrected chi connectivity index (χ1v) is 6.83. The van der Waals surface area contributed by atoms with Crippen LogP contribution in [0.5, 0.6) is 0 Å². The van der Waals surface area contributed by atoms with Gasteiger partial charge < -0.3 is 15.2 Å². The van der Waals surface area contributed by atoms with Crippen molar-refractivity contribution in [3.8, 4) is 0 Å². The van der Waals surface area contributed by atoms with Crippen LogP contribution in [0.25, 0.3) is 5.57 Å². The molecule has 21 heavy (non-hydrogen) atoms. The molecule has 0 spiro atoms. The minimum Gasteiger partial charge on any atom is -0.508 e. The molecule has 2 N–H and O–H groups in total. The van der Waals surface area contributed by atoms with Crippen LogP contribution in [0.15, 0.2) is 42.7 Å². The van der Waals surface area contributed by atoms with Crippen LogP contribution in [0.2, 0.25) is 0 Å². The highest BCUT2D eigenvalue weighted by atomic mass is 16.6. The Balaban J connectivity index is 2.74. The summed E-state index contributed by atoms with van der Waals surface area (Å²) < 4.78 is 5.18. The molecule has 0 heterocycles. The van der Waals surface area contributed by atoms with Gasteiger partial charge in [0.1, 0.15) is 11.4 Å². The predicted molar refractivity (Wildman–Crippen MR) is 84.9 cm³/mol. The van der Waals surface area contributed by atoms with Gasteiger partial charge in [-0.3, -0.25) is 0 Å². The van der Waals surface area contributed by atoms with E-state index in [9.17, 15) is 9.90 Å². The molecule has 0 radical (unpaired) electrons. The largest absolute Gasteiger partial charge is 0.508 e. The lowest BCUT2D eigenvalue weighted by Gasteiger charge is -2.19. The van der Waals surface area contributed by atoms with E-state index in [1.54, 1.807) is 6.08 Å². The molecule has 0 unspecified atom stereocenters. The quantitative estimate of drug-likeness (QED) is 0.645. The van der Waals surface area contributed by atoms with E-state index >= 15 is 0 Å². The number of nitrogens with one attached hydrogen (secondary N) is 1. The molecule has 4 heteroatoms. The number of benzene rings is 1. The summed E-state index contributed by atoms with van der Waals surface area (Å²) in [5.74, 6) is 0.0229. The van der Waals surface area contributed by atoms with Crippen molar-refractivity contribution in [2.75, 3.05) is 0 Å². The second kappa shape index (κ2) is 6.97. The van der Waals surface area contributed by atoms with E-state index < -0.39 is 11.7 Å². The Morgan fingerprint density at radius 2 is 2.10 bits per heavy atom. The van der Waals surface area contributed by atoms with Crippen LogP contribution in [0.1, 0.15) is 38.8 Å². The molecular weight excluding hydrogens is 266 g/mol. The highest BCUT2D eigenvalue weighted by Crippen LogP contribution is 2.21. The van der Waals surface area contributed by atoms with Crippen molar-refractivity contribution in [2.45, 2.75) is 39.8 Å². The summed E-state index contributed by atoms with van der Waals surface area (Å²) in [6.45, 7) is 11.2. The zero-order chi connectivity index (χ0) is 16.0. The molecule has 0 fully saturated rings. The van der Waals surface area contributed by atoms with E-state index in [4.69, 9.17) is 4.74 Å². The van der Waals surface area contributed by atoms with Crippen LogP contribution in [-0.2, 0) is 11.3 Å². The van der Waals surface area contributed by atoms with Gasteiger partial charge in [0.15, 0.2) is 0 Å². The normalized spacial score (nSPS) is 11.9. The topological polar surface area (TPSA) is 58.6 Å². The summed E-state index contributed by atoms with van der Waals surface area (Å²) in [6, 6.07) is 7.55. The number of hydrogen-bond donors (Lipinski definition) is 2. The molecule has 0 aliphatic heterocycles. The molecule has 0 atom stereocenters. The molecule has 4 nitrogen and oxygen atoms in total. The van der Waals surface area contributed by atoms with Crippen molar-refractivity contribution in [2.24, 2.45) is 0 Å². The fourth-order valence-electron chi connectivity index (χ4n) is 1.84. The van der Waals surface area contributed by atoms with E-state index in [1.165, 1.54) is 0 Å². The average Bonchev–Trinajstić information content (AvgIpc) is 2.35. The Bertz CT molecular complexity index is 553. The highest BCUT2D eigenvalue weighted by Gasteiger charge is 2.15. The van der Waals surface area contributed by atoms with Crippen LogP contribution in [0.4, 0.5) is 4.79 Å². The first-order valence-electron chi connectivity index (χ1n) is 6.83. The molecule has 0 saturated carbocycles. The van der Waals surface area contributed by atoms with Gasteiger partial charge in [-0.05, 0) is 44.9 Å². The highest BCUT2D eigenvalue weighted by molar-refractivity contribution is 5.76. The number of carbonyl (C=O) groups is 1. The van der Waals surface area contributed by atoms with Crippen molar-refractivity contribution in [1.82, 2.24) is 5.32 Å².